The summed E-state index contributed by atoms with van der Waals surface area (Å²) in [6.45, 7) is 4.50. The standard InChI is InChI=1S/C15H21N5/c1-13-18-8-10-19(13)11-12-20(9-7-15(16)17)14-5-3-2-4-6-14/h2-6,8,10H,7,9,11-12H2,1H3,(H3,16,17). The summed E-state index contributed by atoms with van der Waals surface area (Å²) >= 11 is 0. The number of hydrogen-bond donors (Lipinski definition) is 2. The minimum absolute atomic E-state index is 0.227. The molecule has 0 saturated heterocycles. The van der Waals surface area contributed by atoms with E-state index in [-0.39, 0.29) is 5.84 Å². The van der Waals surface area contributed by atoms with Crippen molar-refractivity contribution in [3.8, 4) is 0 Å². The third-order valence-corrected chi connectivity index (χ3v) is 3.31. The van der Waals surface area contributed by atoms with Gasteiger partial charge in [0.1, 0.15) is 5.82 Å². The Morgan fingerprint density at radius 3 is 2.65 bits per heavy atom. The number of nitrogens with one attached hydrogen (secondary N) is 1. The van der Waals surface area contributed by atoms with Gasteiger partial charge in [-0.2, -0.15) is 0 Å². The molecule has 2 rings (SSSR count). The number of aryl methyl sites for hydroxylation is 1. The first-order valence-electron chi connectivity index (χ1n) is 6.77. The van der Waals surface area contributed by atoms with Gasteiger partial charge < -0.3 is 15.2 Å². The van der Waals surface area contributed by atoms with Crippen LogP contribution in [0.4, 0.5) is 5.69 Å². The number of aromatic nitrogens is 2. The zero-order chi connectivity index (χ0) is 14.4. The van der Waals surface area contributed by atoms with Crippen LogP contribution in [0.15, 0.2) is 42.7 Å². The Morgan fingerprint density at radius 1 is 1.30 bits per heavy atom. The fourth-order valence-corrected chi connectivity index (χ4v) is 2.13. The van der Waals surface area contributed by atoms with E-state index < -0.39 is 0 Å². The fraction of sp³-hybridized carbons (Fsp3) is 0.333. The van der Waals surface area contributed by atoms with Crippen molar-refractivity contribution in [2.24, 2.45) is 5.73 Å². The van der Waals surface area contributed by atoms with Crippen LogP contribution in [0.3, 0.4) is 0 Å². The average molecular weight is 271 g/mol. The van der Waals surface area contributed by atoms with Gasteiger partial charge in [-0.25, -0.2) is 4.98 Å². The Hall–Kier alpha value is -2.30. The van der Waals surface area contributed by atoms with E-state index in [9.17, 15) is 0 Å². The molecular weight excluding hydrogens is 250 g/mol. The van der Waals surface area contributed by atoms with E-state index in [0.717, 1.165) is 31.1 Å². The quantitative estimate of drug-likeness (QED) is 0.598. The van der Waals surface area contributed by atoms with E-state index in [0.29, 0.717) is 6.42 Å². The lowest BCUT2D eigenvalue weighted by Gasteiger charge is -2.25. The van der Waals surface area contributed by atoms with Gasteiger partial charge in [0.15, 0.2) is 0 Å². The lowest BCUT2D eigenvalue weighted by molar-refractivity contribution is 0.642. The molecule has 0 amide bonds. The van der Waals surface area contributed by atoms with Gasteiger partial charge in [0.25, 0.3) is 0 Å². The Morgan fingerprint density at radius 2 is 2.05 bits per heavy atom. The molecule has 20 heavy (non-hydrogen) atoms. The molecule has 0 atom stereocenters. The predicted octanol–water partition coefficient (Wildman–Crippen LogP) is 2.02. The van der Waals surface area contributed by atoms with Gasteiger partial charge in [0, 0.05) is 44.1 Å². The normalized spacial score (nSPS) is 10.4. The molecule has 1 aromatic heterocycles. The number of nitrogens with zero attached hydrogens (tertiary/aromatic N) is 3. The highest BCUT2D eigenvalue weighted by molar-refractivity contribution is 5.77. The minimum Gasteiger partial charge on any atom is -0.388 e. The zero-order valence-electron chi connectivity index (χ0n) is 11.8. The third kappa shape index (κ3) is 3.85. The summed E-state index contributed by atoms with van der Waals surface area (Å²) in [7, 11) is 0. The van der Waals surface area contributed by atoms with Crippen molar-refractivity contribution in [1.29, 1.82) is 5.41 Å². The molecule has 5 nitrogen and oxygen atoms in total. The van der Waals surface area contributed by atoms with Crippen molar-refractivity contribution in [2.75, 3.05) is 18.0 Å². The smallest absolute Gasteiger partial charge is 0.105 e. The molecule has 0 fully saturated rings. The van der Waals surface area contributed by atoms with Gasteiger partial charge in [-0.05, 0) is 19.1 Å². The van der Waals surface area contributed by atoms with Gasteiger partial charge in [-0.15, -0.1) is 0 Å². The molecule has 106 valence electrons. The van der Waals surface area contributed by atoms with Crippen LogP contribution in [0.2, 0.25) is 0 Å². The van der Waals surface area contributed by atoms with Gasteiger partial charge in [0.05, 0.1) is 5.84 Å². The molecular formula is C15H21N5. The first kappa shape index (κ1) is 14.1. The molecule has 0 saturated carbocycles. The summed E-state index contributed by atoms with van der Waals surface area (Å²) in [6, 6.07) is 10.2. The van der Waals surface area contributed by atoms with E-state index in [1.807, 2.05) is 37.5 Å². The molecule has 0 bridgehead atoms. The van der Waals surface area contributed by atoms with E-state index in [4.69, 9.17) is 11.1 Å². The van der Waals surface area contributed by atoms with Gasteiger partial charge in [0.2, 0.25) is 0 Å². The molecule has 0 spiro atoms. The van der Waals surface area contributed by atoms with Crippen molar-refractivity contribution in [3.63, 3.8) is 0 Å². The topological polar surface area (TPSA) is 70.9 Å². The van der Waals surface area contributed by atoms with E-state index in [1.165, 1.54) is 0 Å². The van der Waals surface area contributed by atoms with E-state index >= 15 is 0 Å². The lowest BCUT2D eigenvalue weighted by atomic mass is 10.2. The predicted molar refractivity (Wildman–Crippen MR) is 82.2 cm³/mol. The van der Waals surface area contributed by atoms with Crippen LogP contribution in [0, 0.1) is 12.3 Å². The maximum absolute atomic E-state index is 7.39. The Labute approximate surface area is 119 Å². The Bertz CT molecular complexity index is 546. The number of benzene rings is 1. The van der Waals surface area contributed by atoms with Crippen molar-refractivity contribution in [3.05, 3.63) is 48.5 Å². The van der Waals surface area contributed by atoms with Crippen molar-refractivity contribution >= 4 is 11.5 Å². The van der Waals surface area contributed by atoms with Crippen LogP contribution in [-0.4, -0.2) is 28.5 Å². The molecule has 0 aliphatic rings. The molecule has 1 heterocycles. The average Bonchev–Trinajstić information content (AvgIpc) is 2.85. The molecule has 5 heteroatoms. The van der Waals surface area contributed by atoms with Gasteiger partial charge in [-0.3, -0.25) is 5.41 Å². The largest absolute Gasteiger partial charge is 0.388 e. The van der Waals surface area contributed by atoms with Gasteiger partial charge >= 0.3 is 0 Å². The molecule has 0 aliphatic heterocycles. The number of amidine groups is 1. The summed E-state index contributed by atoms with van der Waals surface area (Å²) in [6.07, 6.45) is 4.39. The Balaban J connectivity index is 2.03. The first-order chi connectivity index (χ1) is 9.66. The summed E-state index contributed by atoms with van der Waals surface area (Å²) < 4.78 is 2.13. The second-order valence-electron chi connectivity index (χ2n) is 4.77. The minimum atomic E-state index is 0.227. The molecule has 1 aromatic carbocycles. The summed E-state index contributed by atoms with van der Waals surface area (Å²) in [4.78, 5) is 6.48. The highest BCUT2D eigenvalue weighted by Gasteiger charge is 2.07. The molecule has 0 aliphatic carbocycles. The second kappa shape index (κ2) is 6.75. The van der Waals surface area contributed by atoms with Crippen LogP contribution in [0.25, 0.3) is 0 Å². The van der Waals surface area contributed by atoms with Crippen LogP contribution in [-0.2, 0) is 6.54 Å². The monoisotopic (exact) mass is 271 g/mol. The maximum atomic E-state index is 7.39. The maximum Gasteiger partial charge on any atom is 0.105 e. The first-order valence-corrected chi connectivity index (χ1v) is 6.77. The van der Waals surface area contributed by atoms with Crippen molar-refractivity contribution in [2.45, 2.75) is 19.9 Å². The SMILES string of the molecule is Cc1nccn1CCN(CCC(=N)N)c1ccccc1. The Kier molecular flexibility index (Phi) is 4.76. The van der Waals surface area contributed by atoms with Crippen LogP contribution >= 0.6 is 0 Å². The molecule has 0 unspecified atom stereocenters. The zero-order valence-corrected chi connectivity index (χ0v) is 11.8. The fourth-order valence-electron chi connectivity index (χ4n) is 2.13. The van der Waals surface area contributed by atoms with Crippen LogP contribution in [0.1, 0.15) is 12.2 Å². The van der Waals surface area contributed by atoms with Crippen LogP contribution in [0.5, 0.6) is 0 Å². The lowest BCUT2D eigenvalue weighted by Crippen LogP contribution is -2.31. The summed E-state index contributed by atoms with van der Waals surface area (Å²) in [5, 5.41) is 7.39. The molecule has 2 aromatic rings. The molecule has 3 N–H and O–H groups in total. The number of hydrogen-bond acceptors (Lipinski definition) is 3. The third-order valence-electron chi connectivity index (χ3n) is 3.31. The summed E-state index contributed by atoms with van der Waals surface area (Å²) in [5.41, 5.74) is 6.63. The number of imidazole rings is 1. The van der Waals surface area contributed by atoms with E-state index in [2.05, 4.69) is 26.6 Å². The summed E-state index contributed by atoms with van der Waals surface area (Å²) in [5.74, 6) is 1.24. The second-order valence-corrected chi connectivity index (χ2v) is 4.77. The van der Waals surface area contributed by atoms with Gasteiger partial charge in [-0.1, -0.05) is 18.2 Å². The number of anilines is 1. The number of rotatable bonds is 7. The number of para-hydroxylation sites is 1. The highest BCUT2D eigenvalue weighted by Crippen LogP contribution is 2.13. The van der Waals surface area contributed by atoms with Crippen molar-refractivity contribution < 1.29 is 0 Å². The number of nitrogens with two attached hydrogens (primary N) is 1. The molecule has 0 radical (unpaired) electrons. The highest BCUT2D eigenvalue weighted by atomic mass is 15.2. The van der Waals surface area contributed by atoms with Crippen molar-refractivity contribution in [1.82, 2.24) is 9.55 Å². The van der Waals surface area contributed by atoms with Crippen LogP contribution < -0.4 is 10.6 Å². The van der Waals surface area contributed by atoms with E-state index in [1.54, 1.807) is 0 Å².